The number of nitrogens with zero attached hydrogens (tertiary/aromatic N) is 3. The number of hydrogen-bond donors (Lipinski definition) is 1. The lowest BCUT2D eigenvalue weighted by Crippen LogP contribution is -2.54. The van der Waals surface area contributed by atoms with E-state index in [1.807, 2.05) is 12.4 Å². The molecule has 1 atom stereocenters. The zero-order valence-corrected chi connectivity index (χ0v) is 14.9. The first-order valence-corrected chi connectivity index (χ1v) is 9.41. The number of rotatable bonds is 3. The number of aromatic nitrogens is 2. The summed E-state index contributed by atoms with van der Waals surface area (Å²) >= 11 is 0. The molecule has 0 saturated carbocycles. The fourth-order valence-electron chi connectivity index (χ4n) is 4.43. The van der Waals surface area contributed by atoms with Crippen LogP contribution in [0.5, 0.6) is 0 Å². The van der Waals surface area contributed by atoms with Crippen LogP contribution in [0.3, 0.4) is 0 Å². The highest BCUT2D eigenvalue weighted by molar-refractivity contribution is 5.80. The van der Waals surface area contributed by atoms with Crippen molar-refractivity contribution in [1.82, 2.24) is 19.8 Å². The van der Waals surface area contributed by atoms with E-state index >= 15 is 0 Å². The Balaban J connectivity index is 1.44. The summed E-state index contributed by atoms with van der Waals surface area (Å²) in [6.07, 6.45) is 7.46. The van der Waals surface area contributed by atoms with Crippen molar-refractivity contribution >= 4 is 5.91 Å². The number of likely N-dealkylation sites (N-methyl/N-ethyl adjacent to an activating group) is 1. The third-order valence-electron chi connectivity index (χ3n) is 5.91. The molecule has 7 heteroatoms. The lowest BCUT2D eigenvalue weighted by molar-refractivity contribution is -0.173. The van der Waals surface area contributed by atoms with Gasteiger partial charge in [0.05, 0.1) is 6.54 Å². The van der Waals surface area contributed by atoms with Gasteiger partial charge in [0.2, 0.25) is 0 Å². The minimum atomic E-state index is -0.436. The monoisotopic (exact) mass is 348 g/mol. The second-order valence-corrected chi connectivity index (χ2v) is 7.47. The number of hydrogen-bond acceptors (Lipinski definition) is 5. The first kappa shape index (κ1) is 17.0. The number of fused-ring (bicyclic) bond motifs is 2. The molecule has 4 rings (SSSR count). The third-order valence-corrected chi connectivity index (χ3v) is 5.91. The SMILES string of the molecule is CNC(=O)C1Cn2ccnc2C2(CCN(CC3CCOCC3)CC2)O1. The molecule has 2 saturated heterocycles. The fraction of sp³-hybridized carbons (Fsp3) is 0.778. The van der Waals surface area contributed by atoms with Crippen molar-refractivity contribution in [3.05, 3.63) is 18.2 Å². The van der Waals surface area contributed by atoms with Crippen LogP contribution in [0.15, 0.2) is 12.4 Å². The molecule has 1 unspecified atom stereocenters. The zero-order valence-electron chi connectivity index (χ0n) is 14.9. The van der Waals surface area contributed by atoms with Gasteiger partial charge in [-0.25, -0.2) is 4.98 Å². The van der Waals surface area contributed by atoms with Crippen molar-refractivity contribution in [3.8, 4) is 0 Å². The van der Waals surface area contributed by atoms with E-state index in [0.29, 0.717) is 6.54 Å². The number of likely N-dealkylation sites (tertiary alicyclic amines) is 1. The van der Waals surface area contributed by atoms with Crippen molar-refractivity contribution in [2.24, 2.45) is 5.92 Å². The molecule has 1 spiro atoms. The second-order valence-electron chi connectivity index (χ2n) is 7.47. The first-order chi connectivity index (χ1) is 12.2. The predicted octanol–water partition coefficient (Wildman–Crippen LogP) is 0.746. The summed E-state index contributed by atoms with van der Waals surface area (Å²) in [5.74, 6) is 1.68. The number of piperidine rings is 1. The molecule has 138 valence electrons. The van der Waals surface area contributed by atoms with Gasteiger partial charge in [-0.3, -0.25) is 4.79 Å². The maximum atomic E-state index is 12.2. The largest absolute Gasteiger partial charge is 0.381 e. The Hall–Kier alpha value is -1.44. The molecule has 0 radical (unpaired) electrons. The minimum absolute atomic E-state index is 0.0524. The Morgan fingerprint density at radius 3 is 2.84 bits per heavy atom. The topological polar surface area (TPSA) is 68.6 Å². The molecule has 0 aliphatic carbocycles. The van der Waals surface area contributed by atoms with Gasteiger partial charge < -0.3 is 24.3 Å². The van der Waals surface area contributed by atoms with Gasteiger partial charge in [-0.1, -0.05) is 0 Å². The standard InChI is InChI=1S/C18H28N4O3/c1-19-16(23)15-13-22-9-6-20-17(22)18(25-15)4-7-21(8-5-18)12-14-2-10-24-11-3-14/h6,9,14-15H,2-5,7-8,10-13H2,1H3,(H,19,23). The molecule has 0 bridgehead atoms. The molecule has 4 heterocycles. The molecule has 3 aliphatic rings. The molecular weight excluding hydrogens is 320 g/mol. The number of ether oxygens (including phenoxy) is 2. The second kappa shape index (κ2) is 7.05. The highest BCUT2D eigenvalue weighted by Gasteiger charge is 2.47. The van der Waals surface area contributed by atoms with Gasteiger partial charge in [-0.05, 0) is 31.6 Å². The van der Waals surface area contributed by atoms with E-state index in [1.54, 1.807) is 7.05 Å². The smallest absolute Gasteiger partial charge is 0.250 e. The van der Waals surface area contributed by atoms with E-state index in [9.17, 15) is 4.79 Å². The summed E-state index contributed by atoms with van der Waals surface area (Å²) in [5, 5.41) is 2.72. The first-order valence-electron chi connectivity index (χ1n) is 9.41. The average molecular weight is 348 g/mol. The Morgan fingerprint density at radius 2 is 2.12 bits per heavy atom. The maximum Gasteiger partial charge on any atom is 0.250 e. The van der Waals surface area contributed by atoms with E-state index in [1.165, 1.54) is 12.8 Å². The van der Waals surface area contributed by atoms with E-state index in [-0.39, 0.29) is 5.91 Å². The molecule has 2 fully saturated rings. The quantitative estimate of drug-likeness (QED) is 0.873. The number of carbonyl (C=O) groups excluding carboxylic acids is 1. The molecule has 1 N–H and O–H groups in total. The van der Waals surface area contributed by atoms with E-state index < -0.39 is 11.7 Å². The predicted molar refractivity (Wildman–Crippen MR) is 92.1 cm³/mol. The Morgan fingerprint density at radius 1 is 1.36 bits per heavy atom. The van der Waals surface area contributed by atoms with Crippen LogP contribution in [0, 0.1) is 5.92 Å². The Bertz CT molecular complexity index is 603. The highest BCUT2D eigenvalue weighted by atomic mass is 16.5. The fourth-order valence-corrected chi connectivity index (χ4v) is 4.43. The van der Waals surface area contributed by atoms with Crippen molar-refractivity contribution in [2.75, 3.05) is 39.9 Å². The van der Waals surface area contributed by atoms with Crippen molar-refractivity contribution in [1.29, 1.82) is 0 Å². The summed E-state index contributed by atoms with van der Waals surface area (Å²) in [6.45, 7) is 5.47. The van der Waals surface area contributed by atoms with E-state index in [0.717, 1.165) is 57.4 Å². The van der Waals surface area contributed by atoms with Gasteiger partial charge in [-0.15, -0.1) is 0 Å². The molecule has 7 nitrogen and oxygen atoms in total. The number of amides is 1. The lowest BCUT2D eigenvalue weighted by Gasteiger charge is -2.46. The molecule has 3 aliphatic heterocycles. The van der Waals surface area contributed by atoms with Crippen LogP contribution >= 0.6 is 0 Å². The van der Waals surface area contributed by atoms with Crippen LogP contribution in [0.25, 0.3) is 0 Å². The zero-order chi connectivity index (χ0) is 17.3. The van der Waals surface area contributed by atoms with Gasteiger partial charge in [0.25, 0.3) is 5.91 Å². The molecular formula is C18H28N4O3. The molecule has 1 aromatic rings. The van der Waals surface area contributed by atoms with Crippen LogP contribution < -0.4 is 5.32 Å². The maximum absolute atomic E-state index is 12.2. The van der Waals surface area contributed by atoms with Crippen molar-refractivity contribution in [2.45, 2.75) is 43.9 Å². The van der Waals surface area contributed by atoms with Crippen LogP contribution in [0.2, 0.25) is 0 Å². The van der Waals surface area contributed by atoms with Crippen LogP contribution in [-0.2, 0) is 26.4 Å². The van der Waals surface area contributed by atoms with Crippen molar-refractivity contribution < 1.29 is 14.3 Å². The number of carbonyl (C=O) groups is 1. The van der Waals surface area contributed by atoms with Gasteiger partial charge >= 0.3 is 0 Å². The van der Waals surface area contributed by atoms with Crippen molar-refractivity contribution in [3.63, 3.8) is 0 Å². The number of imidazole rings is 1. The lowest BCUT2D eigenvalue weighted by atomic mass is 9.87. The van der Waals surface area contributed by atoms with Gasteiger partial charge in [-0.2, -0.15) is 0 Å². The minimum Gasteiger partial charge on any atom is -0.381 e. The summed E-state index contributed by atoms with van der Waals surface area (Å²) in [4.78, 5) is 19.3. The van der Waals surface area contributed by atoms with Crippen LogP contribution in [-0.4, -0.2) is 66.4 Å². The Labute approximate surface area is 148 Å². The number of nitrogens with one attached hydrogen (secondary N) is 1. The summed E-state index contributed by atoms with van der Waals surface area (Å²) < 4.78 is 13.9. The molecule has 1 aromatic heterocycles. The third kappa shape index (κ3) is 3.32. The van der Waals surface area contributed by atoms with E-state index in [4.69, 9.17) is 9.47 Å². The van der Waals surface area contributed by atoms with Gasteiger partial charge in [0.1, 0.15) is 11.4 Å². The summed E-state index contributed by atoms with van der Waals surface area (Å²) in [6, 6.07) is 0. The molecule has 1 amide bonds. The van der Waals surface area contributed by atoms with E-state index in [2.05, 4.69) is 19.8 Å². The average Bonchev–Trinajstić information content (AvgIpc) is 3.13. The molecule has 0 aromatic carbocycles. The summed E-state index contributed by atoms with van der Waals surface area (Å²) in [5.41, 5.74) is -0.425. The Kier molecular flexibility index (Phi) is 4.80. The normalized spacial score (nSPS) is 27.2. The summed E-state index contributed by atoms with van der Waals surface area (Å²) in [7, 11) is 1.66. The van der Waals surface area contributed by atoms with Gasteiger partial charge in [0.15, 0.2) is 6.10 Å². The van der Waals surface area contributed by atoms with Gasteiger partial charge in [0, 0.05) is 52.3 Å². The molecule has 25 heavy (non-hydrogen) atoms. The van der Waals surface area contributed by atoms with Crippen LogP contribution in [0.1, 0.15) is 31.5 Å². The highest BCUT2D eigenvalue weighted by Crippen LogP contribution is 2.40. The van der Waals surface area contributed by atoms with Crippen LogP contribution in [0.4, 0.5) is 0 Å².